The molecule has 0 unspecified atom stereocenters. The third kappa shape index (κ3) is 3.56. The largest absolute Gasteiger partial charge is 0.383 e. The number of fused-ring (bicyclic) bond motifs is 3. The number of ether oxygens (including phenoxy) is 1. The average Bonchev–Trinajstić information content (AvgIpc) is 3.25. The van der Waals surface area contributed by atoms with E-state index in [1.165, 1.54) is 11.8 Å². The lowest BCUT2D eigenvalue weighted by atomic mass is 10.1. The Hall–Kier alpha value is -2.64. The predicted molar refractivity (Wildman–Crippen MR) is 116 cm³/mol. The van der Waals surface area contributed by atoms with Crippen molar-refractivity contribution in [2.24, 2.45) is 0 Å². The molecular formula is C22H24N4O2S. The van der Waals surface area contributed by atoms with Crippen LogP contribution in [0.3, 0.4) is 0 Å². The van der Waals surface area contributed by atoms with Gasteiger partial charge in [-0.15, -0.1) is 10.2 Å². The summed E-state index contributed by atoms with van der Waals surface area (Å²) in [6.45, 7) is 7.45. The van der Waals surface area contributed by atoms with Crippen LogP contribution in [0.5, 0.6) is 0 Å². The Balaban J connectivity index is 1.61. The highest BCUT2D eigenvalue weighted by atomic mass is 32.2. The van der Waals surface area contributed by atoms with Crippen molar-refractivity contribution in [2.45, 2.75) is 32.5 Å². The van der Waals surface area contributed by atoms with Gasteiger partial charge in [0.1, 0.15) is 0 Å². The Kier molecular flexibility index (Phi) is 5.43. The highest BCUT2D eigenvalue weighted by molar-refractivity contribution is 7.99. The zero-order valence-corrected chi connectivity index (χ0v) is 17.9. The topological polar surface area (TPSA) is 61.4 Å². The van der Waals surface area contributed by atoms with Crippen molar-refractivity contribution in [2.75, 3.05) is 19.5 Å². The number of aromatic nitrogens is 4. The van der Waals surface area contributed by atoms with E-state index in [0.717, 1.165) is 50.8 Å². The Morgan fingerprint density at radius 2 is 1.93 bits per heavy atom. The van der Waals surface area contributed by atoms with Crippen molar-refractivity contribution in [3.63, 3.8) is 0 Å². The van der Waals surface area contributed by atoms with Crippen LogP contribution in [0.1, 0.15) is 27.3 Å². The number of Topliss-reactive ketones (excluding diaryl/α,β-unsaturated/α-hetero) is 1. The van der Waals surface area contributed by atoms with Gasteiger partial charge in [0.25, 0.3) is 0 Å². The molecule has 0 atom stereocenters. The molecule has 0 radical (unpaired) electrons. The van der Waals surface area contributed by atoms with E-state index in [4.69, 9.17) is 4.74 Å². The maximum absolute atomic E-state index is 12.9. The Labute approximate surface area is 173 Å². The summed E-state index contributed by atoms with van der Waals surface area (Å²) in [5.41, 5.74) is 5.84. The van der Waals surface area contributed by atoms with Crippen LogP contribution in [0.4, 0.5) is 0 Å². The summed E-state index contributed by atoms with van der Waals surface area (Å²) in [5.74, 6) is 0.414. The van der Waals surface area contributed by atoms with Gasteiger partial charge in [-0.2, -0.15) is 0 Å². The van der Waals surface area contributed by atoms with E-state index in [2.05, 4.69) is 33.8 Å². The van der Waals surface area contributed by atoms with Crippen LogP contribution < -0.4 is 0 Å². The Morgan fingerprint density at radius 3 is 2.72 bits per heavy atom. The molecule has 3 heterocycles. The van der Waals surface area contributed by atoms with Crippen LogP contribution in [0.25, 0.3) is 16.6 Å². The zero-order chi connectivity index (χ0) is 20.5. The van der Waals surface area contributed by atoms with E-state index < -0.39 is 0 Å². The SMILES string of the molecule is COCCn1c(C)cc(C(=O)CSc2nnc3cc(C)c4ccccc4n23)c1C. The van der Waals surface area contributed by atoms with Gasteiger partial charge >= 0.3 is 0 Å². The van der Waals surface area contributed by atoms with Gasteiger partial charge in [0.2, 0.25) is 0 Å². The van der Waals surface area contributed by atoms with Crippen LogP contribution >= 0.6 is 11.8 Å². The van der Waals surface area contributed by atoms with Gasteiger partial charge in [0.15, 0.2) is 16.6 Å². The number of rotatable bonds is 7. The summed E-state index contributed by atoms with van der Waals surface area (Å²) in [6.07, 6.45) is 0. The molecule has 1 aromatic carbocycles. The highest BCUT2D eigenvalue weighted by Crippen LogP contribution is 2.26. The minimum Gasteiger partial charge on any atom is -0.383 e. The molecule has 6 nitrogen and oxygen atoms in total. The van der Waals surface area contributed by atoms with E-state index in [-0.39, 0.29) is 5.78 Å². The third-order valence-corrected chi connectivity index (χ3v) is 6.23. The molecule has 0 amide bonds. The first kappa shape index (κ1) is 19.7. The molecule has 4 rings (SSSR count). The summed E-state index contributed by atoms with van der Waals surface area (Å²) < 4.78 is 9.34. The standard InChI is InChI=1S/C22H24N4O2S/c1-14-11-21-23-24-22(26(21)19-8-6-5-7-17(14)19)29-13-20(27)18-12-15(2)25(16(18)3)9-10-28-4/h5-8,11-12H,9-10,13H2,1-4H3. The summed E-state index contributed by atoms with van der Waals surface area (Å²) in [6, 6.07) is 12.2. The normalized spacial score (nSPS) is 11.6. The Morgan fingerprint density at radius 1 is 1.14 bits per heavy atom. The molecule has 4 aromatic rings. The quantitative estimate of drug-likeness (QED) is 0.338. The second kappa shape index (κ2) is 8.00. The van der Waals surface area contributed by atoms with Gasteiger partial charge in [0, 0.05) is 36.0 Å². The number of carbonyl (C=O) groups is 1. The van der Waals surface area contributed by atoms with Gasteiger partial charge in [-0.25, -0.2) is 0 Å². The predicted octanol–water partition coefficient (Wildman–Crippen LogP) is 4.23. The number of para-hydroxylation sites is 1. The smallest absolute Gasteiger partial charge is 0.196 e. The number of methoxy groups -OCH3 is 1. The molecule has 0 spiro atoms. The van der Waals surface area contributed by atoms with Crippen LogP contribution in [-0.2, 0) is 11.3 Å². The van der Waals surface area contributed by atoms with Crippen molar-refractivity contribution in [1.29, 1.82) is 0 Å². The van der Waals surface area contributed by atoms with E-state index in [0.29, 0.717) is 12.4 Å². The van der Waals surface area contributed by atoms with E-state index in [1.54, 1.807) is 7.11 Å². The number of hydrogen-bond acceptors (Lipinski definition) is 5. The van der Waals surface area contributed by atoms with Crippen LogP contribution in [0.15, 0.2) is 41.6 Å². The number of carbonyl (C=O) groups excluding carboxylic acids is 1. The number of aryl methyl sites for hydroxylation is 2. The van der Waals surface area contributed by atoms with E-state index in [9.17, 15) is 4.79 Å². The number of nitrogens with zero attached hydrogens (tertiary/aromatic N) is 4. The second-order valence-corrected chi connectivity index (χ2v) is 8.10. The summed E-state index contributed by atoms with van der Waals surface area (Å²) >= 11 is 1.43. The fourth-order valence-corrected chi connectivity index (χ4v) is 4.62. The molecule has 0 aliphatic heterocycles. The molecule has 3 aromatic heterocycles. The fourth-order valence-electron chi connectivity index (χ4n) is 3.79. The third-order valence-electron chi connectivity index (χ3n) is 5.30. The van der Waals surface area contributed by atoms with E-state index >= 15 is 0 Å². The first-order valence-electron chi connectivity index (χ1n) is 9.56. The minimum atomic E-state index is 0.0972. The first-order chi connectivity index (χ1) is 14.0. The van der Waals surface area contributed by atoms with Gasteiger partial charge < -0.3 is 9.30 Å². The summed E-state index contributed by atoms with van der Waals surface area (Å²) in [4.78, 5) is 12.9. The van der Waals surface area contributed by atoms with Crippen molar-refractivity contribution in [1.82, 2.24) is 19.2 Å². The number of pyridine rings is 1. The molecule has 0 fully saturated rings. The molecule has 7 heteroatoms. The first-order valence-corrected chi connectivity index (χ1v) is 10.5. The summed E-state index contributed by atoms with van der Waals surface area (Å²) in [7, 11) is 1.69. The molecule has 0 saturated carbocycles. The number of thioether (sulfide) groups is 1. The molecule has 0 N–H and O–H groups in total. The average molecular weight is 409 g/mol. The van der Waals surface area contributed by atoms with Crippen LogP contribution in [-0.4, -0.2) is 44.4 Å². The molecule has 0 aliphatic carbocycles. The molecular weight excluding hydrogens is 384 g/mol. The minimum absolute atomic E-state index is 0.0972. The van der Waals surface area contributed by atoms with Gasteiger partial charge in [-0.05, 0) is 44.5 Å². The van der Waals surface area contributed by atoms with Gasteiger partial charge in [0.05, 0.1) is 17.9 Å². The lowest BCUT2D eigenvalue weighted by Gasteiger charge is -2.09. The lowest BCUT2D eigenvalue weighted by Crippen LogP contribution is -2.09. The monoisotopic (exact) mass is 408 g/mol. The maximum atomic E-state index is 12.9. The fraction of sp³-hybridized carbons (Fsp3) is 0.318. The number of hydrogen-bond donors (Lipinski definition) is 0. The van der Waals surface area contributed by atoms with E-state index in [1.807, 2.05) is 42.5 Å². The van der Waals surface area contributed by atoms with Crippen molar-refractivity contribution in [3.8, 4) is 0 Å². The van der Waals surface area contributed by atoms with Crippen molar-refractivity contribution in [3.05, 3.63) is 58.9 Å². The summed E-state index contributed by atoms with van der Waals surface area (Å²) in [5, 5.41) is 10.5. The van der Waals surface area contributed by atoms with Crippen molar-refractivity contribution < 1.29 is 9.53 Å². The maximum Gasteiger partial charge on any atom is 0.196 e. The highest BCUT2D eigenvalue weighted by Gasteiger charge is 2.18. The molecule has 0 aliphatic rings. The lowest BCUT2D eigenvalue weighted by molar-refractivity contribution is 0.102. The van der Waals surface area contributed by atoms with Gasteiger partial charge in [-0.3, -0.25) is 9.20 Å². The van der Waals surface area contributed by atoms with Crippen molar-refractivity contribution >= 4 is 34.1 Å². The molecule has 29 heavy (non-hydrogen) atoms. The number of benzene rings is 1. The number of ketones is 1. The molecule has 0 saturated heterocycles. The zero-order valence-electron chi connectivity index (χ0n) is 17.1. The second-order valence-electron chi connectivity index (χ2n) is 7.16. The van der Waals surface area contributed by atoms with Gasteiger partial charge in [-0.1, -0.05) is 30.0 Å². The molecule has 150 valence electrons. The van der Waals surface area contributed by atoms with Crippen LogP contribution in [0.2, 0.25) is 0 Å². The Bertz CT molecular complexity index is 1210. The van der Waals surface area contributed by atoms with Crippen LogP contribution in [0, 0.1) is 20.8 Å². The molecule has 0 bridgehead atoms.